The summed E-state index contributed by atoms with van der Waals surface area (Å²) in [4.78, 5) is 40.5. The van der Waals surface area contributed by atoms with Crippen LogP contribution in [0.3, 0.4) is 0 Å². The number of rotatable bonds is 5. The summed E-state index contributed by atoms with van der Waals surface area (Å²) in [5, 5.41) is 6.90. The largest absolute Gasteiger partial charge is 0.459 e. The zero-order valence-electron chi connectivity index (χ0n) is 14.1. The first-order valence-electron chi connectivity index (χ1n) is 8.27. The zero-order valence-corrected chi connectivity index (χ0v) is 15.0. The lowest BCUT2D eigenvalue weighted by molar-refractivity contribution is -0.121. The van der Waals surface area contributed by atoms with Gasteiger partial charge in [-0.2, -0.15) is 0 Å². The second-order valence-corrected chi connectivity index (χ2v) is 6.89. The Morgan fingerprint density at radius 2 is 1.92 bits per heavy atom. The Labute approximate surface area is 154 Å². The first kappa shape index (κ1) is 18.2. The van der Waals surface area contributed by atoms with Gasteiger partial charge in [-0.3, -0.25) is 19.8 Å². The number of imide groups is 1. The van der Waals surface area contributed by atoms with E-state index < -0.39 is 6.03 Å². The van der Waals surface area contributed by atoms with E-state index >= 15 is 0 Å². The molecule has 1 aliphatic heterocycles. The number of hydrogen-bond donors (Lipinski definition) is 2. The maximum Gasteiger partial charge on any atom is 0.321 e. The Morgan fingerprint density at radius 3 is 2.58 bits per heavy atom. The topological polar surface area (TPSA) is 94.9 Å². The first-order chi connectivity index (χ1) is 12.6. The molecule has 9 heteroatoms. The molecule has 8 nitrogen and oxygen atoms in total. The summed E-state index contributed by atoms with van der Waals surface area (Å²) >= 11 is 1.54. The minimum Gasteiger partial charge on any atom is -0.459 e. The highest BCUT2D eigenvalue weighted by Gasteiger charge is 2.24. The van der Waals surface area contributed by atoms with Gasteiger partial charge in [0, 0.05) is 31.1 Å². The van der Waals surface area contributed by atoms with Crippen molar-refractivity contribution in [3.05, 3.63) is 46.5 Å². The molecule has 1 fully saturated rings. The van der Waals surface area contributed by atoms with Crippen LogP contribution in [0, 0.1) is 0 Å². The number of furan rings is 1. The van der Waals surface area contributed by atoms with Crippen LogP contribution < -0.4 is 10.6 Å². The number of nitrogens with one attached hydrogen (secondary N) is 2. The van der Waals surface area contributed by atoms with Crippen molar-refractivity contribution in [2.24, 2.45) is 0 Å². The summed E-state index contributed by atoms with van der Waals surface area (Å²) in [5.41, 5.74) is 0. The maximum absolute atomic E-state index is 12.2. The molecule has 0 saturated carbocycles. The summed E-state index contributed by atoms with van der Waals surface area (Å²) in [6, 6.07) is 6.63. The predicted molar refractivity (Wildman–Crippen MR) is 95.7 cm³/mol. The van der Waals surface area contributed by atoms with Gasteiger partial charge in [0.15, 0.2) is 5.76 Å². The monoisotopic (exact) mass is 376 g/mol. The van der Waals surface area contributed by atoms with Crippen LogP contribution >= 0.6 is 11.3 Å². The number of thiophene rings is 1. The SMILES string of the molecule is O=C(CN1CCN(C(=O)c2ccco2)CC1)NC(=O)NCc1cccs1. The van der Waals surface area contributed by atoms with Crippen molar-refractivity contribution < 1.29 is 18.8 Å². The Morgan fingerprint density at radius 1 is 1.12 bits per heavy atom. The summed E-state index contributed by atoms with van der Waals surface area (Å²) in [6.45, 7) is 2.67. The number of urea groups is 1. The molecule has 1 saturated heterocycles. The van der Waals surface area contributed by atoms with E-state index in [1.165, 1.54) is 17.6 Å². The van der Waals surface area contributed by atoms with Gasteiger partial charge >= 0.3 is 6.03 Å². The fourth-order valence-electron chi connectivity index (χ4n) is 2.66. The predicted octanol–water partition coefficient (Wildman–Crippen LogP) is 1.12. The van der Waals surface area contributed by atoms with Gasteiger partial charge in [-0.1, -0.05) is 6.07 Å². The summed E-state index contributed by atoms with van der Waals surface area (Å²) in [7, 11) is 0. The summed E-state index contributed by atoms with van der Waals surface area (Å²) < 4.78 is 5.12. The first-order valence-corrected chi connectivity index (χ1v) is 9.15. The maximum atomic E-state index is 12.2. The molecule has 0 radical (unpaired) electrons. The Bertz CT molecular complexity index is 737. The lowest BCUT2D eigenvalue weighted by atomic mass is 10.3. The number of amides is 4. The molecule has 4 amide bonds. The quantitative estimate of drug-likeness (QED) is 0.816. The molecule has 2 aromatic heterocycles. The van der Waals surface area contributed by atoms with Gasteiger partial charge in [-0.25, -0.2) is 4.79 Å². The smallest absolute Gasteiger partial charge is 0.321 e. The van der Waals surface area contributed by atoms with Crippen molar-refractivity contribution in [2.75, 3.05) is 32.7 Å². The fourth-order valence-corrected chi connectivity index (χ4v) is 3.30. The minimum absolute atomic E-state index is 0.120. The van der Waals surface area contributed by atoms with E-state index in [1.54, 1.807) is 17.0 Å². The molecule has 0 bridgehead atoms. The summed E-state index contributed by atoms with van der Waals surface area (Å²) in [5.74, 6) is -0.190. The van der Waals surface area contributed by atoms with E-state index in [-0.39, 0.29) is 18.4 Å². The van der Waals surface area contributed by atoms with Crippen LogP contribution in [-0.4, -0.2) is 60.4 Å². The van der Waals surface area contributed by atoms with Crippen LogP contribution in [0.4, 0.5) is 4.79 Å². The molecule has 2 N–H and O–H groups in total. The molecular formula is C17H20N4O4S. The second kappa shape index (κ2) is 8.63. The molecule has 2 aromatic rings. The molecule has 0 spiro atoms. The highest BCUT2D eigenvalue weighted by atomic mass is 32.1. The van der Waals surface area contributed by atoms with Crippen molar-refractivity contribution >= 4 is 29.2 Å². The Kier molecular flexibility index (Phi) is 6.03. The van der Waals surface area contributed by atoms with E-state index in [1.807, 2.05) is 22.4 Å². The molecular weight excluding hydrogens is 356 g/mol. The van der Waals surface area contributed by atoms with Crippen molar-refractivity contribution in [1.29, 1.82) is 0 Å². The van der Waals surface area contributed by atoms with Crippen LogP contribution in [0.2, 0.25) is 0 Å². The lowest BCUT2D eigenvalue weighted by Crippen LogP contribution is -2.52. The van der Waals surface area contributed by atoms with E-state index in [2.05, 4.69) is 10.6 Å². The molecule has 0 aromatic carbocycles. The molecule has 3 heterocycles. The summed E-state index contributed by atoms with van der Waals surface area (Å²) in [6.07, 6.45) is 1.47. The third-order valence-electron chi connectivity index (χ3n) is 4.01. The number of piperazine rings is 1. The highest BCUT2D eigenvalue weighted by molar-refractivity contribution is 7.09. The van der Waals surface area contributed by atoms with E-state index in [4.69, 9.17) is 4.42 Å². The molecule has 26 heavy (non-hydrogen) atoms. The Hall–Kier alpha value is -2.65. The van der Waals surface area contributed by atoms with Gasteiger partial charge in [-0.05, 0) is 23.6 Å². The molecule has 0 unspecified atom stereocenters. The fraction of sp³-hybridized carbons (Fsp3) is 0.353. The van der Waals surface area contributed by atoms with Crippen molar-refractivity contribution in [1.82, 2.24) is 20.4 Å². The van der Waals surface area contributed by atoms with E-state index in [0.29, 0.717) is 38.5 Å². The lowest BCUT2D eigenvalue weighted by Gasteiger charge is -2.33. The third kappa shape index (κ3) is 4.93. The van der Waals surface area contributed by atoms with Gasteiger partial charge in [0.1, 0.15) is 0 Å². The van der Waals surface area contributed by atoms with Crippen LogP contribution in [0.25, 0.3) is 0 Å². The Balaban J connectivity index is 1.36. The molecule has 0 atom stereocenters. The van der Waals surface area contributed by atoms with Crippen molar-refractivity contribution in [3.8, 4) is 0 Å². The highest BCUT2D eigenvalue weighted by Crippen LogP contribution is 2.09. The van der Waals surface area contributed by atoms with Gasteiger partial charge in [-0.15, -0.1) is 11.3 Å². The van der Waals surface area contributed by atoms with Crippen LogP contribution in [0.1, 0.15) is 15.4 Å². The van der Waals surface area contributed by atoms with E-state index in [9.17, 15) is 14.4 Å². The van der Waals surface area contributed by atoms with Crippen molar-refractivity contribution in [3.63, 3.8) is 0 Å². The molecule has 0 aliphatic carbocycles. The zero-order chi connectivity index (χ0) is 18.4. The minimum atomic E-state index is -0.505. The van der Waals surface area contributed by atoms with Crippen LogP contribution in [0.5, 0.6) is 0 Å². The number of hydrogen-bond acceptors (Lipinski definition) is 6. The molecule has 3 rings (SSSR count). The van der Waals surface area contributed by atoms with Crippen LogP contribution in [-0.2, 0) is 11.3 Å². The van der Waals surface area contributed by atoms with Crippen molar-refractivity contribution in [2.45, 2.75) is 6.54 Å². The second-order valence-electron chi connectivity index (χ2n) is 5.86. The third-order valence-corrected chi connectivity index (χ3v) is 4.89. The number of nitrogens with zero attached hydrogens (tertiary/aromatic N) is 2. The van der Waals surface area contributed by atoms with Gasteiger partial charge in [0.2, 0.25) is 5.91 Å². The van der Waals surface area contributed by atoms with E-state index in [0.717, 1.165) is 4.88 Å². The molecule has 1 aliphatic rings. The average Bonchev–Trinajstić information content (AvgIpc) is 3.33. The molecule has 138 valence electrons. The average molecular weight is 376 g/mol. The number of carbonyl (C=O) groups excluding carboxylic acids is 3. The standard InChI is InChI=1S/C17H20N4O4S/c22-15(19-17(24)18-11-13-3-2-10-26-13)12-20-5-7-21(8-6-20)16(23)14-4-1-9-25-14/h1-4,9-10H,5-8,11-12H2,(H2,18,19,22,24). The van der Waals surface area contributed by atoms with Gasteiger partial charge < -0.3 is 14.6 Å². The van der Waals surface area contributed by atoms with Gasteiger partial charge in [0.05, 0.1) is 19.4 Å². The van der Waals surface area contributed by atoms with Gasteiger partial charge in [0.25, 0.3) is 5.91 Å². The normalized spacial score (nSPS) is 14.8. The number of carbonyl (C=O) groups is 3. The van der Waals surface area contributed by atoms with Crippen LogP contribution in [0.15, 0.2) is 40.3 Å².